The molecule has 0 radical (unpaired) electrons. The Morgan fingerprint density at radius 3 is 2.23 bits per heavy atom. The molecule has 0 aliphatic carbocycles. The lowest BCUT2D eigenvalue weighted by Gasteiger charge is -2.26. The van der Waals surface area contributed by atoms with E-state index in [1.54, 1.807) is 23.1 Å². The molecule has 0 spiro atoms. The number of nitrogens with zero attached hydrogens (tertiary/aromatic N) is 1. The van der Waals surface area contributed by atoms with E-state index >= 15 is 0 Å². The van der Waals surface area contributed by atoms with Gasteiger partial charge in [0.1, 0.15) is 11.4 Å². The van der Waals surface area contributed by atoms with Gasteiger partial charge in [-0.1, -0.05) is 63.2 Å². The summed E-state index contributed by atoms with van der Waals surface area (Å²) in [6.07, 6.45) is 0. The fourth-order valence-corrected chi connectivity index (χ4v) is 4.98. The van der Waals surface area contributed by atoms with Crippen LogP contribution in [0.1, 0.15) is 70.7 Å². The van der Waals surface area contributed by atoms with Crippen LogP contribution < -0.4 is 5.43 Å². The summed E-state index contributed by atoms with van der Waals surface area (Å²) in [7, 11) is 0. The van der Waals surface area contributed by atoms with Crippen LogP contribution in [0, 0.1) is 19.7 Å². The topological polar surface area (TPSA) is 50.5 Å². The molecule has 4 aromatic rings. The fraction of sp³-hybridized carbons (Fsp3) is 0.267. The summed E-state index contributed by atoms with van der Waals surface area (Å²) in [6.45, 7) is 10.5. The molecular weight excluding hydrogens is 441 g/mol. The van der Waals surface area contributed by atoms with Crippen molar-refractivity contribution in [2.75, 3.05) is 0 Å². The Bertz CT molecular complexity index is 1510. The molecular formula is C30H28FNO3. The van der Waals surface area contributed by atoms with Crippen LogP contribution >= 0.6 is 0 Å². The lowest BCUT2D eigenvalue weighted by Crippen LogP contribution is -2.29. The highest BCUT2D eigenvalue weighted by molar-refractivity contribution is 5.99. The summed E-state index contributed by atoms with van der Waals surface area (Å²) in [6, 6.07) is 17.3. The van der Waals surface area contributed by atoms with Crippen LogP contribution in [0.2, 0.25) is 0 Å². The van der Waals surface area contributed by atoms with Crippen molar-refractivity contribution in [2.24, 2.45) is 0 Å². The Labute approximate surface area is 204 Å². The standard InChI is InChI=1S/C30H28FNO3/c1-17-14-18(2)24-23(15-17)35-28-25(27(24)33)26(20-8-10-21(11-9-20)30(3,4)5)32(29(28)34)16-19-6-12-22(31)13-7-19/h6-15,26H,16H2,1-5H3. The molecule has 0 saturated heterocycles. The maximum absolute atomic E-state index is 13.9. The van der Waals surface area contributed by atoms with Gasteiger partial charge in [-0.25, -0.2) is 4.39 Å². The van der Waals surface area contributed by atoms with Gasteiger partial charge in [0.25, 0.3) is 5.91 Å². The van der Waals surface area contributed by atoms with Crippen molar-refractivity contribution in [3.63, 3.8) is 0 Å². The molecule has 1 aromatic heterocycles. The van der Waals surface area contributed by atoms with Crippen molar-refractivity contribution in [3.05, 3.63) is 116 Å². The number of carbonyl (C=O) groups is 1. The first-order valence-electron chi connectivity index (χ1n) is 11.8. The monoisotopic (exact) mass is 469 g/mol. The number of hydrogen-bond acceptors (Lipinski definition) is 3. The SMILES string of the molecule is Cc1cc(C)c2c(=O)c3c(oc2c1)C(=O)N(Cc1ccc(F)cc1)C3c1ccc(C(C)(C)C)cc1. The molecule has 1 aliphatic heterocycles. The highest BCUT2D eigenvalue weighted by atomic mass is 19.1. The second-order valence-corrected chi connectivity index (χ2v) is 10.5. The number of benzene rings is 3. The predicted octanol–water partition coefficient (Wildman–Crippen LogP) is 6.59. The van der Waals surface area contributed by atoms with Crippen LogP contribution in [0.3, 0.4) is 0 Å². The molecule has 1 aliphatic rings. The Morgan fingerprint density at radius 1 is 0.943 bits per heavy atom. The molecule has 5 rings (SSSR count). The van der Waals surface area contributed by atoms with Crippen molar-refractivity contribution < 1.29 is 13.6 Å². The Hall–Kier alpha value is -3.73. The summed E-state index contributed by atoms with van der Waals surface area (Å²) in [5.74, 6) is -0.597. The summed E-state index contributed by atoms with van der Waals surface area (Å²) >= 11 is 0. The quantitative estimate of drug-likeness (QED) is 0.340. The van der Waals surface area contributed by atoms with Gasteiger partial charge in [-0.3, -0.25) is 9.59 Å². The van der Waals surface area contributed by atoms with E-state index in [0.717, 1.165) is 27.8 Å². The molecule has 1 amide bonds. The van der Waals surface area contributed by atoms with E-state index in [9.17, 15) is 14.0 Å². The lowest BCUT2D eigenvalue weighted by molar-refractivity contribution is 0.0714. The highest BCUT2D eigenvalue weighted by Crippen LogP contribution is 2.40. The van der Waals surface area contributed by atoms with E-state index in [0.29, 0.717) is 16.5 Å². The number of fused-ring (bicyclic) bond motifs is 2. The van der Waals surface area contributed by atoms with E-state index in [1.807, 2.05) is 44.2 Å². The summed E-state index contributed by atoms with van der Waals surface area (Å²) < 4.78 is 19.6. The van der Waals surface area contributed by atoms with Gasteiger partial charge in [0.15, 0.2) is 5.43 Å². The van der Waals surface area contributed by atoms with Crippen LogP contribution in [0.4, 0.5) is 4.39 Å². The number of carbonyl (C=O) groups excluding carboxylic acids is 1. The molecule has 1 atom stereocenters. The van der Waals surface area contributed by atoms with Gasteiger partial charge in [-0.05, 0) is 65.3 Å². The van der Waals surface area contributed by atoms with Crippen LogP contribution in [0.25, 0.3) is 11.0 Å². The molecule has 0 N–H and O–H groups in total. The van der Waals surface area contributed by atoms with E-state index in [1.165, 1.54) is 12.1 Å². The lowest BCUT2D eigenvalue weighted by atomic mass is 9.85. The van der Waals surface area contributed by atoms with Gasteiger partial charge in [0.05, 0.1) is 17.0 Å². The van der Waals surface area contributed by atoms with Crippen molar-refractivity contribution in [1.29, 1.82) is 0 Å². The molecule has 0 fully saturated rings. The Kier molecular flexibility index (Phi) is 5.39. The summed E-state index contributed by atoms with van der Waals surface area (Å²) in [5.41, 5.74) is 5.12. The second kappa shape index (κ2) is 8.19. The number of hydrogen-bond donors (Lipinski definition) is 0. The van der Waals surface area contributed by atoms with Gasteiger partial charge in [-0.2, -0.15) is 0 Å². The normalized spacial score (nSPS) is 15.7. The Morgan fingerprint density at radius 2 is 1.60 bits per heavy atom. The smallest absolute Gasteiger partial charge is 0.291 e. The first-order valence-corrected chi connectivity index (χ1v) is 11.8. The molecule has 3 aromatic carbocycles. The van der Waals surface area contributed by atoms with E-state index < -0.39 is 6.04 Å². The van der Waals surface area contributed by atoms with Crippen molar-refractivity contribution in [1.82, 2.24) is 4.90 Å². The van der Waals surface area contributed by atoms with Gasteiger partial charge in [0.2, 0.25) is 5.76 Å². The largest absolute Gasteiger partial charge is 0.450 e. The molecule has 178 valence electrons. The molecule has 35 heavy (non-hydrogen) atoms. The zero-order valence-electron chi connectivity index (χ0n) is 20.6. The molecule has 5 heteroatoms. The Balaban J connectivity index is 1.72. The van der Waals surface area contributed by atoms with Gasteiger partial charge in [0, 0.05) is 6.54 Å². The third kappa shape index (κ3) is 3.95. The molecule has 2 heterocycles. The molecule has 1 unspecified atom stereocenters. The van der Waals surface area contributed by atoms with Crippen LogP contribution in [-0.2, 0) is 12.0 Å². The van der Waals surface area contributed by atoms with E-state index in [4.69, 9.17) is 4.42 Å². The average molecular weight is 470 g/mol. The maximum Gasteiger partial charge on any atom is 0.291 e. The zero-order chi connectivity index (χ0) is 25.1. The van der Waals surface area contributed by atoms with Gasteiger partial charge in [-0.15, -0.1) is 0 Å². The molecule has 4 nitrogen and oxygen atoms in total. The van der Waals surface area contributed by atoms with Crippen LogP contribution in [0.15, 0.2) is 69.9 Å². The summed E-state index contributed by atoms with van der Waals surface area (Å²) in [4.78, 5) is 29.2. The van der Waals surface area contributed by atoms with Crippen LogP contribution in [0.5, 0.6) is 0 Å². The van der Waals surface area contributed by atoms with E-state index in [2.05, 4.69) is 20.8 Å². The maximum atomic E-state index is 13.9. The van der Waals surface area contributed by atoms with E-state index in [-0.39, 0.29) is 34.9 Å². The number of amides is 1. The van der Waals surface area contributed by atoms with Crippen molar-refractivity contribution >= 4 is 16.9 Å². The second-order valence-electron chi connectivity index (χ2n) is 10.5. The first-order chi connectivity index (χ1) is 16.5. The third-order valence-electron chi connectivity index (χ3n) is 6.77. The first kappa shape index (κ1) is 23.0. The highest BCUT2D eigenvalue weighted by Gasteiger charge is 2.43. The number of aryl methyl sites for hydroxylation is 2. The molecule has 0 saturated carbocycles. The minimum atomic E-state index is -0.599. The van der Waals surface area contributed by atoms with Crippen molar-refractivity contribution in [2.45, 2.75) is 52.6 Å². The molecule has 0 bridgehead atoms. The third-order valence-corrected chi connectivity index (χ3v) is 6.77. The number of halogens is 1. The van der Waals surface area contributed by atoms with Gasteiger partial charge >= 0.3 is 0 Å². The number of rotatable bonds is 3. The minimum absolute atomic E-state index is 0.0278. The fourth-order valence-electron chi connectivity index (χ4n) is 4.98. The average Bonchev–Trinajstić information content (AvgIpc) is 3.06. The van der Waals surface area contributed by atoms with Gasteiger partial charge < -0.3 is 9.32 Å². The zero-order valence-corrected chi connectivity index (χ0v) is 20.6. The van der Waals surface area contributed by atoms with Crippen LogP contribution in [-0.4, -0.2) is 10.8 Å². The van der Waals surface area contributed by atoms with Crippen molar-refractivity contribution in [3.8, 4) is 0 Å². The summed E-state index contributed by atoms with van der Waals surface area (Å²) in [5, 5.41) is 0.502. The predicted molar refractivity (Wildman–Crippen MR) is 135 cm³/mol. The minimum Gasteiger partial charge on any atom is -0.450 e.